The van der Waals surface area contributed by atoms with Crippen LogP contribution in [0.4, 0.5) is 22.0 Å². The molecule has 1 atom stereocenters. The highest BCUT2D eigenvalue weighted by atomic mass is 19.4. The number of nitrogens with zero attached hydrogens (tertiary/aromatic N) is 3. The van der Waals surface area contributed by atoms with Gasteiger partial charge in [-0.1, -0.05) is 12.1 Å². The van der Waals surface area contributed by atoms with Crippen molar-refractivity contribution in [1.82, 2.24) is 20.2 Å². The van der Waals surface area contributed by atoms with Gasteiger partial charge in [-0.05, 0) is 24.3 Å². The lowest BCUT2D eigenvalue weighted by Gasteiger charge is -2.30. The molecule has 1 aliphatic heterocycles. The minimum absolute atomic E-state index is 0.123. The molecule has 2 amide bonds. The molecule has 0 bridgehead atoms. The van der Waals surface area contributed by atoms with Crippen molar-refractivity contribution < 1.29 is 35.9 Å². The van der Waals surface area contributed by atoms with Gasteiger partial charge in [-0.25, -0.2) is 13.8 Å². The minimum atomic E-state index is -4.82. The third-order valence-corrected chi connectivity index (χ3v) is 5.40. The fourth-order valence-corrected chi connectivity index (χ4v) is 3.67. The van der Waals surface area contributed by atoms with Crippen LogP contribution >= 0.6 is 0 Å². The summed E-state index contributed by atoms with van der Waals surface area (Å²) in [5.74, 6) is -4.72. The molecular formula is C21H19F5N5O2+. The third kappa shape index (κ3) is 4.64. The number of rotatable bonds is 4. The number of nitrogens with one attached hydrogen (secondary N) is 2. The average Bonchev–Trinajstić information content (AvgIpc) is 3.16. The number of carbonyl (C=O) groups is 2. The predicted molar refractivity (Wildman–Crippen MR) is 105 cm³/mol. The largest absolute Gasteiger partial charge is 0.414 e. The minimum Gasteiger partial charge on any atom is -0.332 e. The molecule has 1 unspecified atom stereocenters. The molecule has 2 N–H and O–H groups in total. The fourth-order valence-electron chi connectivity index (χ4n) is 3.67. The SMILES string of the molecule is O=C(NC(c1ccccn1)C(F)(F)F)c1[nH]c(C(=O)N2CCC(F)(F)CC2)[n+]2ccccc12. The lowest BCUT2D eigenvalue weighted by molar-refractivity contribution is -0.514. The van der Waals surface area contributed by atoms with Crippen LogP contribution in [0.5, 0.6) is 0 Å². The van der Waals surface area contributed by atoms with E-state index < -0.39 is 48.5 Å². The number of likely N-dealkylation sites (tertiary alicyclic amines) is 1. The first-order valence-electron chi connectivity index (χ1n) is 10.0. The molecule has 174 valence electrons. The zero-order chi connectivity index (χ0) is 23.8. The van der Waals surface area contributed by atoms with E-state index in [-0.39, 0.29) is 30.1 Å². The van der Waals surface area contributed by atoms with Crippen LogP contribution in [0, 0.1) is 0 Å². The molecule has 0 spiro atoms. The number of piperidine rings is 1. The molecule has 1 saturated heterocycles. The number of alkyl halides is 5. The number of fused-ring (bicyclic) bond motifs is 1. The Morgan fingerprint density at radius 1 is 1.12 bits per heavy atom. The maximum Gasteiger partial charge on any atom is 0.414 e. The second kappa shape index (κ2) is 8.41. The van der Waals surface area contributed by atoms with E-state index in [1.54, 1.807) is 12.1 Å². The van der Waals surface area contributed by atoms with E-state index in [1.807, 2.05) is 5.32 Å². The number of halogens is 5. The molecule has 1 aliphatic rings. The van der Waals surface area contributed by atoms with Gasteiger partial charge in [0.15, 0.2) is 11.6 Å². The maximum absolute atomic E-state index is 13.6. The summed E-state index contributed by atoms with van der Waals surface area (Å²) in [5.41, 5.74) is -0.512. The second-order valence-electron chi connectivity index (χ2n) is 7.66. The van der Waals surface area contributed by atoms with Crippen LogP contribution in [0.2, 0.25) is 0 Å². The highest BCUT2D eigenvalue weighted by Crippen LogP contribution is 2.32. The molecule has 0 radical (unpaired) electrons. The van der Waals surface area contributed by atoms with Crippen LogP contribution in [0.3, 0.4) is 0 Å². The lowest BCUT2D eigenvalue weighted by atomic mass is 10.1. The van der Waals surface area contributed by atoms with Gasteiger partial charge in [-0.2, -0.15) is 17.6 Å². The van der Waals surface area contributed by atoms with Crippen LogP contribution in [0.1, 0.15) is 45.7 Å². The molecule has 12 heteroatoms. The molecular weight excluding hydrogens is 449 g/mol. The number of amides is 2. The van der Waals surface area contributed by atoms with E-state index in [0.717, 1.165) is 6.07 Å². The predicted octanol–water partition coefficient (Wildman–Crippen LogP) is 3.05. The van der Waals surface area contributed by atoms with Crippen molar-refractivity contribution in [3.63, 3.8) is 0 Å². The summed E-state index contributed by atoms with van der Waals surface area (Å²) in [7, 11) is 0. The summed E-state index contributed by atoms with van der Waals surface area (Å²) >= 11 is 0. The molecule has 4 heterocycles. The molecule has 1 fully saturated rings. The Bertz CT molecular complexity index is 1170. The van der Waals surface area contributed by atoms with E-state index in [4.69, 9.17) is 0 Å². The number of hydrogen-bond acceptors (Lipinski definition) is 3. The van der Waals surface area contributed by atoms with Crippen LogP contribution in [0.25, 0.3) is 5.52 Å². The summed E-state index contributed by atoms with van der Waals surface area (Å²) in [5, 5.41) is 1.93. The monoisotopic (exact) mass is 468 g/mol. The van der Waals surface area contributed by atoms with Crippen LogP contribution < -0.4 is 9.72 Å². The summed E-state index contributed by atoms with van der Waals surface area (Å²) in [6, 6.07) is 6.15. The smallest absolute Gasteiger partial charge is 0.332 e. The lowest BCUT2D eigenvalue weighted by Crippen LogP contribution is -2.45. The van der Waals surface area contributed by atoms with Gasteiger partial charge in [0.05, 0.1) is 11.9 Å². The Morgan fingerprint density at radius 3 is 2.45 bits per heavy atom. The molecule has 0 aromatic carbocycles. The molecule has 0 aliphatic carbocycles. The standard InChI is InChI=1S/C21H18F5N5O2/c22-20(23)7-11-30(12-8-20)19(33)17-28-15(14-6-2-4-10-31(14)17)18(32)29-16(21(24,25)26)13-5-1-3-9-27-13/h1-6,9-10,16H,7-8,11-12H2,(H,29,32)/p+1. The normalized spacial score (nSPS) is 17.1. The number of H-pyrrole nitrogens is 1. The van der Waals surface area contributed by atoms with Crippen LogP contribution in [0.15, 0.2) is 48.8 Å². The van der Waals surface area contributed by atoms with Gasteiger partial charge in [0.1, 0.15) is 0 Å². The molecule has 3 aromatic rings. The second-order valence-corrected chi connectivity index (χ2v) is 7.66. The zero-order valence-electron chi connectivity index (χ0n) is 17.1. The maximum atomic E-state index is 13.6. The Hall–Kier alpha value is -3.57. The molecule has 33 heavy (non-hydrogen) atoms. The van der Waals surface area contributed by atoms with Crippen molar-refractivity contribution in [3.8, 4) is 0 Å². The number of aromatic amines is 1. The first-order valence-corrected chi connectivity index (χ1v) is 10.0. The van der Waals surface area contributed by atoms with Gasteiger partial charge >= 0.3 is 17.9 Å². The van der Waals surface area contributed by atoms with E-state index >= 15 is 0 Å². The Balaban J connectivity index is 1.66. The first-order chi connectivity index (χ1) is 15.6. The molecule has 0 saturated carbocycles. The van der Waals surface area contributed by atoms with Gasteiger partial charge < -0.3 is 10.2 Å². The zero-order valence-corrected chi connectivity index (χ0v) is 17.1. The molecule has 4 rings (SSSR count). The van der Waals surface area contributed by atoms with Gasteiger partial charge in [0.25, 0.3) is 11.8 Å². The van der Waals surface area contributed by atoms with Crippen molar-refractivity contribution in [2.24, 2.45) is 0 Å². The number of carbonyl (C=O) groups excluding carboxylic acids is 2. The van der Waals surface area contributed by atoms with E-state index in [9.17, 15) is 31.5 Å². The summed E-state index contributed by atoms with van der Waals surface area (Å²) in [4.78, 5) is 33.4. The first kappa shape index (κ1) is 22.6. The summed E-state index contributed by atoms with van der Waals surface area (Å²) in [6.45, 7) is -0.367. The molecule has 3 aromatic heterocycles. The van der Waals surface area contributed by atoms with Crippen molar-refractivity contribution in [2.75, 3.05) is 13.1 Å². The van der Waals surface area contributed by atoms with Crippen LogP contribution in [-0.2, 0) is 0 Å². The van der Waals surface area contributed by atoms with Gasteiger partial charge in [0, 0.05) is 32.1 Å². The Labute approximate surface area is 184 Å². The third-order valence-electron chi connectivity index (χ3n) is 5.40. The van der Waals surface area contributed by atoms with Crippen molar-refractivity contribution in [2.45, 2.75) is 31.0 Å². The molecule has 7 nitrogen and oxygen atoms in total. The van der Waals surface area contributed by atoms with Gasteiger partial charge in [0.2, 0.25) is 5.69 Å². The number of hydrogen-bond donors (Lipinski definition) is 2. The number of imidazole rings is 1. The Morgan fingerprint density at radius 2 is 1.82 bits per heavy atom. The van der Waals surface area contributed by atoms with Crippen LogP contribution in [-0.4, -0.2) is 51.9 Å². The summed E-state index contributed by atoms with van der Waals surface area (Å²) < 4.78 is 69.2. The highest BCUT2D eigenvalue weighted by molar-refractivity contribution is 6.00. The fraction of sp³-hybridized carbons (Fsp3) is 0.333. The topological polar surface area (TPSA) is 82.2 Å². The van der Waals surface area contributed by atoms with E-state index in [2.05, 4.69) is 9.97 Å². The highest BCUT2D eigenvalue weighted by Gasteiger charge is 2.44. The van der Waals surface area contributed by atoms with Crippen molar-refractivity contribution >= 4 is 17.3 Å². The Kier molecular flexibility index (Phi) is 5.76. The number of aromatic nitrogens is 3. The number of pyridine rings is 2. The van der Waals surface area contributed by atoms with Gasteiger partial charge in [-0.15, -0.1) is 0 Å². The van der Waals surface area contributed by atoms with Gasteiger partial charge in [-0.3, -0.25) is 14.6 Å². The summed E-state index contributed by atoms with van der Waals surface area (Å²) in [6.07, 6.45) is -3.18. The average molecular weight is 468 g/mol. The van der Waals surface area contributed by atoms with Crippen molar-refractivity contribution in [1.29, 1.82) is 0 Å². The van der Waals surface area contributed by atoms with Crippen molar-refractivity contribution in [3.05, 3.63) is 66.0 Å². The quantitative estimate of drug-likeness (QED) is 0.456. The van der Waals surface area contributed by atoms with E-state index in [0.29, 0.717) is 0 Å². The van der Waals surface area contributed by atoms with E-state index in [1.165, 1.54) is 39.9 Å².